The molecule has 5 rings (SSSR count). The first-order chi connectivity index (χ1) is 15.4. The second-order valence-corrected chi connectivity index (χ2v) is 10.0. The molecule has 3 saturated heterocycles. The zero-order chi connectivity index (χ0) is 22.3. The van der Waals surface area contributed by atoms with Crippen LogP contribution in [0.25, 0.3) is 0 Å². The van der Waals surface area contributed by atoms with Gasteiger partial charge in [0.1, 0.15) is 0 Å². The molecule has 3 aliphatic heterocycles. The fourth-order valence-electron chi connectivity index (χ4n) is 6.27. The van der Waals surface area contributed by atoms with Gasteiger partial charge in [0.2, 0.25) is 5.91 Å². The molecule has 0 N–H and O–H groups in total. The Bertz CT molecular complexity index is 998. The number of aryl methyl sites for hydroxylation is 1. The standard InChI is InChI=1S/C26H32N4O2/c1-20-5-7-22(8-6-20)23(31)30-14-9-25(10-15-30)18-29(17-21-4-3-12-27-16-21)19-26(25)11-13-28(2)24(26)32/h3-8,12,16H,9-11,13-15,17-19H2,1-2H3/t26-/m0/s1. The van der Waals surface area contributed by atoms with Crippen LogP contribution in [0.1, 0.15) is 40.7 Å². The largest absolute Gasteiger partial charge is 0.345 e. The molecule has 0 aliphatic carbocycles. The van der Waals surface area contributed by atoms with Crippen LogP contribution in [0.3, 0.4) is 0 Å². The van der Waals surface area contributed by atoms with Crippen molar-refractivity contribution < 1.29 is 9.59 Å². The molecule has 1 aromatic carbocycles. The van der Waals surface area contributed by atoms with E-state index in [0.717, 1.165) is 56.6 Å². The van der Waals surface area contributed by atoms with Gasteiger partial charge in [-0.15, -0.1) is 0 Å². The lowest BCUT2D eigenvalue weighted by molar-refractivity contribution is -0.141. The molecule has 0 unspecified atom stereocenters. The molecule has 2 spiro atoms. The van der Waals surface area contributed by atoms with Gasteiger partial charge in [-0.25, -0.2) is 0 Å². The van der Waals surface area contributed by atoms with E-state index in [1.54, 1.807) is 6.20 Å². The van der Waals surface area contributed by atoms with Crippen LogP contribution < -0.4 is 0 Å². The van der Waals surface area contributed by atoms with Crippen molar-refractivity contribution in [2.45, 2.75) is 32.7 Å². The van der Waals surface area contributed by atoms with Gasteiger partial charge in [0.15, 0.2) is 0 Å². The number of aromatic nitrogens is 1. The molecule has 32 heavy (non-hydrogen) atoms. The van der Waals surface area contributed by atoms with E-state index in [0.29, 0.717) is 19.0 Å². The van der Waals surface area contributed by atoms with Crippen LogP contribution >= 0.6 is 0 Å². The van der Waals surface area contributed by atoms with Crippen molar-refractivity contribution in [2.24, 2.45) is 10.8 Å². The Balaban J connectivity index is 1.36. The van der Waals surface area contributed by atoms with Gasteiger partial charge in [0.05, 0.1) is 5.41 Å². The van der Waals surface area contributed by atoms with Crippen LogP contribution in [0.15, 0.2) is 48.8 Å². The maximum absolute atomic E-state index is 13.5. The average Bonchev–Trinajstić information content (AvgIpc) is 3.26. The zero-order valence-electron chi connectivity index (χ0n) is 19.1. The van der Waals surface area contributed by atoms with Crippen LogP contribution in [-0.4, -0.2) is 71.3 Å². The molecular weight excluding hydrogens is 400 g/mol. The average molecular weight is 433 g/mol. The summed E-state index contributed by atoms with van der Waals surface area (Å²) >= 11 is 0. The van der Waals surface area contributed by atoms with E-state index in [2.05, 4.69) is 16.0 Å². The Kier molecular flexibility index (Phi) is 5.28. The second-order valence-electron chi connectivity index (χ2n) is 10.0. The SMILES string of the molecule is Cc1ccc(C(=O)N2CCC3(CC2)CN(Cc2cccnc2)C[C@]32CCN(C)C2=O)cc1. The molecule has 4 heterocycles. The third kappa shape index (κ3) is 3.41. The number of fused-ring (bicyclic) bond motifs is 1. The van der Waals surface area contributed by atoms with E-state index in [9.17, 15) is 9.59 Å². The highest BCUT2D eigenvalue weighted by atomic mass is 16.2. The Labute approximate surface area is 190 Å². The summed E-state index contributed by atoms with van der Waals surface area (Å²) in [5.74, 6) is 0.401. The lowest BCUT2D eigenvalue weighted by atomic mass is 9.60. The number of carbonyl (C=O) groups is 2. The van der Waals surface area contributed by atoms with E-state index < -0.39 is 0 Å². The van der Waals surface area contributed by atoms with Crippen LogP contribution in [0.4, 0.5) is 0 Å². The van der Waals surface area contributed by atoms with Crippen LogP contribution in [0.5, 0.6) is 0 Å². The molecule has 1 aromatic heterocycles. The van der Waals surface area contributed by atoms with Crippen molar-refractivity contribution in [3.8, 4) is 0 Å². The highest BCUT2D eigenvalue weighted by molar-refractivity contribution is 5.94. The third-order valence-corrected chi connectivity index (χ3v) is 8.10. The van der Waals surface area contributed by atoms with Crippen LogP contribution in [0, 0.1) is 17.8 Å². The van der Waals surface area contributed by atoms with Gasteiger partial charge in [-0.3, -0.25) is 19.5 Å². The van der Waals surface area contributed by atoms with Crippen molar-refractivity contribution in [1.82, 2.24) is 19.7 Å². The van der Waals surface area contributed by atoms with Crippen molar-refractivity contribution in [3.05, 3.63) is 65.5 Å². The number of benzene rings is 1. The van der Waals surface area contributed by atoms with Crippen molar-refractivity contribution in [2.75, 3.05) is 39.8 Å². The zero-order valence-corrected chi connectivity index (χ0v) is 19.1. The monoisotopic (exact) mass is 432 g/mol. The summed E-state index contributed by atoms with van der Waals surface area (Å²) in [4.78, 5) is 37.2. The van der Waals surface area contributed by atoms with Gasteiger partial charge in [0, 0.05) is 69.7 Å². The fourth-order valence-corrected chi connectivity index (χ4v) is 6.27. The second kappa shape index (κ2) is 8.00. The maximum Gasteiger partial charge on any atom is 0.253 e. The van der Waals surface area contributed by atoms with Crippen molar-refractivity contribution >= 4 is 11.8 Å². The molecule has 0 saturated carbocycles. The molecule has 168 valence electrons. The van der Waals surface area contributed by atoms with Crippen LogP contribution in [-0.2, 0) is 11.3 Å². The third-order valence-electron chi connectivity index (χ3n) is 8.10. The summed E-state index contributed by atoms with van der Waals surface area (Å²) in [6.07, 6.45) is 6.40. The van der Waals surface area contributed by atoms with E-state index in [-0.39, 0.29) is 16.7 Å². The first kappa shape index (κ1) is 21.1. The first-order valence-corrected chi connectivity index (χ1v) is 11.7. The lowest BCUT2D eigenvalue weighted by Gasteiger charge is -2.47. The number of rotatable bonds is 3. The molecule has 0 radical (unpaired) electrons. The minimum atomic E-state index is -0.330. The molecule has 1 atom stereocenters. The predicted molar refractivity (Wildman–Crippen MR) is 123 cm³/mol. The summed E-state index contributed by atoms with van der Waals surface area (Å²) in [6, 6.07) is 11.9. The molecule has 3 aliphatic rings. The summed E-state index contributed by atoms with van der Waals surface area (Å²) in [5.41, 5.74) is 2.70. The molecule has 0 bridgehead atoms. The molecular formula is C26H32N4O2. The number of amides is 2. The van der Waals surface area contributed by atoms with E-state index in [4.69, 9.17) is 0 Å². The predicted octanol–water partition coefficient (Wildman–Crippen LogP) is 2.98. The normalized spacial score (nSPS) is 25.2. The summed E-state index contributed by atoms with van der Waals surface area (Å²) in [5, 5.41) is 0. The molecule has 6 heteroatoms. The van der Waals surface area contributed by atoms with Crippen LogP contribution in [0.2, 0.25) is 0 Å². The van der Waals surface area contributed by atoms with E-state index in [1.165, 1.54) is 5.56 Å². The number of nitrogens with zero attached hydrogens (tertiary/aromatic N) is 4. The number of hydrogen-bond acceptors (Lipinski definition) is 4. The highest BCUT2D eigenvalue weighted by Gasteiger charge is 2.64. The smallest absolute Gasteiger partial charge is 0.253 e. The topological polar surface area (TPSA) is 56.8 Å². The minimum Gasteiger partial charge on any atom is -0.345 e. The Morgan fingerprint density at radius 3 is 2.41 bits per heavy atom. The van der Waals surface area contributed by atoms with E-state index >= 15 is 0 Å². The number of pyridine rings is 1. The summed E-state index contributed by atoms with van der Waals surface area (Å²) < 4.78 is 0. The van der Waals surface area contributed by atoms with Gasteiger partial charge < -0.3 is 9.80 Å². The quantitative estimate of drug-likeness (QED) is 0.748. The molecule has 3 fully saturated rings. The number of carbonyl (C=O) groups excluding carboxylic acids is 2. The Morgan fingerprint density at radius 2 is 1.78 bits per heavy atom. The summed E-state index contributed by atoms with van der Waals surface area (Å²) in [6.45, 7) is 6.82. The van der Waals surface area contributed by atoms with Gasteiger partial charge in [-0.05, 0) is 49.9 Å². The lowest BCUT2D eigenvalue weighted by Crippen LogP contribution is -2.53. The van der Waals surface area contributed by atoms with Crippen molar-refractivity contribution in [1.29, 1.82) is 0 Å². The minimum absolute atomic E-state index is 0.0683. The van der Waals surface area contributed by atoms with E-state index in [1.807, 2.05) is 60.3 Å². The molecule has 2 aromatic rings. The van der Waals surface area contributed by atoms with Gasteiger partial charge >= 0.3 is 0 Å². The highest BCUT2D eigenvalue weighted by Crippen LogP contribution is 2.57. The van der Waals surface area contributed by atoms with Gasteiger partial charge in [-0.2, -0.15) is 0 Å². The number of hydrogen-bond donors (Lipinski definition) is 0. The Hall–Kier alpha value is -2.73. The summed E-state index contributed by atoms with van der Waals surface area (Å²) in [7, 11) is 1.94. The number of likely N-dealkylation sites (tertiary alicyclic amines) is 3. The van der Waals surface area contributed by atoms with Gasteiger partial charge in [-0.1, -0.05) is 23.8 Å². The van der Waals surface area contributed by atoms with Crippen molar-refractivity contribution in [3.63, 3.8) is 0 Å². The maximum atomic E-state index is 13.5. The Morgan fingerprint density at radius 1 is 1.03 bits per heavy atom. The first-order valence-electron chi connectivity index (χ1n) is 11.7. The number of piperidine rings is 1. The molecule has 2 amide bonds. The fraction of sp³-hybridized carbons (Fsp3) is 0.500. The molecule has 6 nitrogen and oxygen atoms in total. The van der Waals surface area contributed by atoms with Gasteiger partial charge in [0.25, 0.3) is 5.91 Å².